The maximum Gasteiger partial charge on any atom is 0.163 e. The Morgan fingerprint density at radius 1 is 0.444 bits per heavy atom. The van der Waals surface area contributed by atoms with Gasteiger partial charge in [-0.05, 0) is 36.4 Å². The van der Waals surface area contributed by atoms with Gasteiger partial charge in [0, 0.05) is 42.9 Å². The van der Waals surface area contributed by atoms with E-state index in [2.05, 4.69) is 149 Å². The van der Waals surface area contributed by atoms with Gasteiger partial charge in [0.1, 0.15) is 4.83 Å². The van der Waals surface area contributed by atoms with Crippen LogP contribution in [-0.2, 0) is 0 Å². The van der Waals surface area contributed by atoms with Gasteiger partial charge >= 0.3 is 0 Å². The lowest BCUT2D eigenvalue weighted by Gasteiger charge is -2.12. The van der Waals surface area contributed by atoms with Crippen molar-refractivity contribution in [1.29, 1.82) is 0 Å². The van der Waals surface area contributed by atoms with E-state index in [-0.39, 0.29) is 0 Å². The van der Waals surface area contributed by atoms with Gasteiger partial charge in [-0.2, -0.15) is 0 Å². The molecule has 4 aromatic heterocycles. The molecule has 6 aromatic carbocycles. The molecule has 0 radical (unpaired) electrons. The van der Waals surface area contributed by atoms with Crippen molar-refractivity contribution < 1.29 is 0 Å². The molecule has 0 aliphatic carbocycles. The van der Waals surface area contributed by atoms with E-state index in [1.165, 1.54) is 42.7 Å². The molecule has 4 nitrogen and oxygen atoms in total. The van der Waals surface area contributed by atoms with Crippen LogP contribution in [0.4, 0.5) is 0 Å². The van der Waals surface area contributed by atoms with Crippen molar-refractivity contribution >= 4 is 75.3 Å². The average molecular weight is 593 g/mol. The van der Waals surface area contributed by atoms with E-state index in [1.807, 2.05) is 6.07 Å². The molecule has 10 rings (SSSR count). The normalized spacial score (nSPS) is 12.0. The predicted molar refractivity (Wildman–Crippen MR) is 189 cm³/mol. The van der Waals surface area contributed by atoms with Gasteiger partial charge < -0.3 is 4.57 Å². The fourth-order valence-electron chi connectivity index (χ4n) is 7.07. The summed E-state index contributed by atoms with van der Waals surface area (Å²) >= 11 is 1.73. The third-order valence-electron chi connectivity index (χ3n) is 8.95. The largest absolute Gasteiger partial charge is 0.309 e. The Bertz CT molecular complexity index is 2750. The standard InChI is InChI=1S/C40H24N4S/c1-3-13-25(14-4-1)38-41-39(36-30-19-9-12-22-34(30)45-40(36)42-38)44-31-20-10-7-17-27(31)28-23-24-33-35(37(28)44)29-18-8-11-21-32(29)43(33)26-15-5-2-6-16-26/h1-24H. The molecule has 0 amide bonds. The summed E-state index contributed by atoms with van der Waals surface area (Å²) in [5, 5.41) is 7.12. The zero-order chi connectivity index (χ0) is 29.5. The van der Waals surface area contributed by atoms with Gasteiger partial charge in [-0.25, -0.2) is 9.97 Å². The van der Waals surface area contributed by atoms with Gasteiger partial charge in [-0.3, -0.25) is 4.57 Å². The van der Waals surface area contributed by atoms with Crippen LogP contribution < -0.4 is 0 Å². The number of thiophene rings is 1. The molecule has 0 N–H and O–H groups in total. The highest BCUT2D eigenvalue weighted by Crippen LogP contribution is 2.44. The Morgan fingerprint density at radius 2 is 1.09 bits per heavy atom. The quantitative estimate of drug-likeness (QED) is 0.205. The summed E-state index contributed by atoms with van der Waals surface area (Å²) in [5.74, 6) is 1.64. The minimum absolute atomic E-state index is 0.731. The predicted octanol–water partition coefficient (Wildman–Crippen LogP) is 10.7. The number of fused-ring (bicyclic) bond motifs is 10. The molecule has 10 aromatic rings. The first-order chi connectivity index (χ1) is 22.3. The van der Waals surface area contributed by atoms with Crippen LogP contribution in [0.3, 0.4) is 0 Å². The number of aromatic nitrogens is 4. The fourth-order valence-corrected chi connectivity index (χ4v) is 8.14. The second-order valence-electron chi connectivity index (χ2n) is 11.4. The van der Waals surface area contributed by atoms with Crippen LogP contribution in [0.5, 0.6) is 0 Å². The van der Waals surface area contributed by atoms with Gasteiger partial charge in [0.15, 0.2) is 11.6 Å². The molecule has 5 heteroatoms. The van der Waals surface area contributed by atoms with Crippen molar-refractivity contribution in [3.05, 3.63) is 146 Å². The minimum atomic E-state index is 0.731. The lowest BCUT2D eigenvalue weighted by atomic mass is 10.1. The second kappa shape index (κ2) is 9.36. The van der Waals surface area contributed by atoms with E-state index in [0.29, 0.717) is 0 Å². The van der Waals surface area contributed by atoms with Gasteiger partial charge in [0.2, 0.25) is 0 Å². The Balaban J connectivity index is 1.45. The van der Waals surface area contributed by atoms with Crippen LogP contribution >= 0.6 is 11.3 Å². The molecule has 210 valence electrons. The Hall–Kier alpha value is -5.78. The first-order valence-corrected chi connectivity index (χ1v) is 15.9. The molecule has 0 unspecified atom stereocenters. The SMILES string of the molecule is c1ccc(-c2nc(-n3c4ccccc4c4ccc5c(c6ccccc6n5-c5ccccc5)c43)c3c(n2)sc2ccccc23)cc1. The van der Waals surface area contributed by atoms with Crippen LogP contribution in [0.1, 0.15) is 0 Å². The molecule has 0 spiro atoms. The molecule has 0 fully saturated rings. The Kier molecular flexibility index (Phi) is 5.12. The summed E-state index contributed by atoms with van der Waals surface area (Å²) in [6.07, 6.45) is 0. The minimum Gasteiger partial charge on any atom is -0.309 e. The summed E-state index contributed by atoms with van der Waals surface area (Å²) in [5.41, 5.74) is 6.79. The summed E-state index contributed by atoms with van der Waals surface area (Å²) in [7, 11) is 0. The highest BCUT2D eigenvalue weighted by atomic mass is 32.1. The van der Waals surface area contributed by atoms with Crippen LogP contribution in [0, 0.1) is 0 Å². The zero-order valence-corrected chi connectivity index (χ0v) is 24.9. The number of para-hydroxylation sites is 3. The topological polar surface area (TPSA) is 35.6 Å². The number of nitrogens with zero attached hydrogens (tertiary/aromatic N) is 4. The maximum atomic E-state index is 5.44. The van der Waals surface area contributed by atoms with Crippen molar-refractivity contribution in [2.45, 2.75) is 0 Å². The fraction of sp³-hybridized carbons (Fsp3) is 0. The van der Waals surface area contributed by atoms with Crippen LogP contribution in [0.25, 0.3) is 86.8 Å². The van der Waals surface area contributed by atoms with Gasteiger partial charge in [-0.1, -0.05) is 109 Å². The number of benzene rings is 6. The third-order valence-corrected chi connectivity index (χ3v) is 10.0. The molecule has 0 aliphatic heterocycles. The van der Waals surface area contributed by atoms with E-state index in [9.17, 15) is 0 Å². The second-order valence-corrected chi connectivity index (χ2v) is 12.4. The molecule has 0 aliphatic rings. The Morgan fingerprint density at radius 3 is 1.89 bits per heavy atom. The summed E-state index contributed by atoms with van der Waals surface area (Å²) in [6.45, 7) is 0. The Labute approximate surface area is 262 Å². The monoisotopic (exact) mass is 592 g/mol. The molecule has 0 atom stereocenters. The smallest absolute Gasteiger partial charge is 0.163 e. The molecular weight excluding hydrogens is 569 g/mol. The molecule has 0 bridgehead atoms. The highest BCUT2D eigenvalue weighted by Gasteiger charge is 2.24. The highest BCUT2D eigenvalue weighted by molar-refractivity contribution is 7.25. The van der Waals surface area contributed by atoms with Crippen molar-refractivity contribution in [2.24, 2.45) is 0 Å². The van der Waals surface area contributed by atoms with Crippen molar-refractivity contribution in [3.8, 4) is 22.9 Å². The number of hydrogen-bond acceptors (Lipinski definition) is 3. The van der Waals surface area contributed by atoms with E-state index in [4.69, 9.17) is 9.97 Å². The average Bonchev–Trinajstić information content (AvgIpc) is 3.76. The van der Waals surface area contributed by atoms with E-state index >= 15 is 0 Å². The third kappa shape index (κ3) is 3.47. The van der Waals surface area contributed by atoms with E-state index in [1.54, 1.807) is 11.3 Å². The molecule has 45 heavy (non-hydrogen) atoms. The van der Waals surface area contributed by atoms with Gasteiger partial charge in [-0.15, -0.1) is 11.3 Å². The lowest BCUT2D eigenvalue weighted by molar-refractivity contribution is 1.08. The van der Waals surface area contributed by atoms with Crippen molar-refractivity contribution in [3.63, 3.8) is 0 Å². The molecule has 0 saturated heterocycles. The van der Waals surface area contributed by atoms with E-state index in [0.717, 1.165) is 44.1 Å². The summed E-state index contributed by atoms with van der Waals surface area (Å²) in [6, 6.07) is 51.6. The first kappa shape index (κ1) is 24.6. The van der Waals surface area contributed by atoms with E-state index < -0.39 is 0 Å². The lowest BCUT2D eigenvalue weighted by Crippen LogP contribution is -2.02. The molecule has 0 saturated carbocycles. The maximum absolute atomic E-state index is 5.44. The van der Waals surface area contributed by atoms with Crippen LogP contribution in [0.15, 0.2) is 146 Å². The van der Waals surface area contributed by atoms with Gasteiger partial charge in [0.25, 0.3) is 0 Å². The van der Waals surface area contributed by atoms with Crippen molar-refractivity contribution in [1.82, 2.24) is 19.1 Å². The molecular formula is C40H24N4S. The number of rotatable bonds is 3. The first-order valence-electron chi connectivity index (χ1n) is 15.1. The molecule has 4 heterocycles. The summed E-state index contributed by atoms with van der Waals surface area (Å²) < 4.78 is 6.00. The summed E-state index contributed by atoms with van der Waals surface area (Å²) in [4.78, 5) is 11.6. The zero-order valence-electron chi connectivity index (χ0n) is 24.1. The van der Waals surface area contributed by atoms with Crippen LogP contribution in [0.2, 0.25) is 0 Å². The van der Waals surface area contributed by atoms with Gasteiger partial charge in [0.05, 0.1) is 27.5 Å². The van der Waals surface area contributed by atoms with Crippen molar-refractivity contribution in [2.75, 3.05) is 0 Å². The van der Waals surface area contributed by atoms with Crippen LogP contribution in [-0.4, -0.2) is 19.1 Å². The number of hydrogen-bond donors (Lipinski definition) is 0.